The molecular weight excluding hydrogens is 206 g/mol. The molecule has 2 atom stereocenters. The van der Waals surface area contributed by atoms with Crippen molar-refractivity contribution in [1.82, 2.24) is 4.90 Å². The highest BCUT2D eigenvalue weighted by Crippen LogP contribution is 2.38. The summed E-state index contributed by atoms with van der Waals surface area (Å²) in [6, 6.07) is -0.897. The second kappa shape index (κ2) is 3.61. The fraction of sp³-hybridized carbons (Fsp3) is 0.625. The number of aliphatic carboxylic acids is 1. The van der Waals surface area contributed by atoms with Crippen LogP contribution in [0.4, 0.5) is 0 Å². The average molecular weight is 217 g/mol. The predicted molar refractivity (Wildman–Crippen MR) is 50.9 cm³/mol. The zero-order chi connectivity index (χ0) is 10.9. The molecule has 1 heterocycles. The number of nitrogens with zero attached hydrogens (tertiary/aromatic N) is 1. The number of carboxylic acid groups (broad SMARTS) is 1. The Balaban J connectivity index is 3.00. The van der Waals surface area contributed by atoms with E-state index >= 15 is 0 Å². The first-order chi connectivity index (χ1) is 6.43. The van der Waals surface area contributed by atoms with E-state index < -0.39 is 16.9 Å². The topological polar surface area (TPSA) is 74.7 Å². The van der Waals surface area contributed by atoms with Crippen LogP contribution in [0, 0.1) is 0 Å². The number of hydrogen-bond donors (Lipinski definition) is 1. The van der Waals surface area contributed by atoms with Gasteiger partial charge >= 0.3 is 5.97 Å². The molecule has 5 nitrogen and oxygen atoms in total. The van der Waals surface area contributed by atoms with Crippen molar-refractivity contribution < 1.29 is 19.5 Å². The summed E-state index contributed by atoms with van der Waals surface area (Å²) in [5.74, 6) is -1.03. The molecule has 1 aliphatic rings. The molecule has 0 aliphatic carbocycles. The van der Waals surface area contributed by atoms with Gasteiger partial charge in [-0.1, -0.05) is 0 Å². The van der Waals surface area contributed by atoms with Gasteiger partial charge in [0.15, 0.2) is 5.78 Å². The standard InChI is InChI=1S/C8H11NO4S/c1-5(11)8(2)9(4-10)6(3-14-8)7(12)13/h4,6H,3H2,1-2H3,(H,12,13). The minimum atomic E-state index is -1.07. The van der Waals surface area contributed by atoms with Crippen LogP contribution < -0.4 is 0 Å². The Labute approximate surface area is 85.4 Å². The molecular formula is C8H11NO4S. The molecule has 1 amide bonds. The van der Waals surface area contributed by atoms with Crippen molar-refractivity contribution >= 4 is 29.9 Å². The van der Waals surface area contributed by atoms with E-state index in [-0.39, 0.29) is 11.5 Å². The number of carbonyl (C=O) groups excluding carboxylic acids is 2. The Morgan fingerprint density at radius 2 is 2.21 bits per heavy atom. The second-order valence-electron chi connectivity index (χ2n) is 3.22. The monoisotopic (exact) mass is 217 g/mol. The second-order valence-corrected chi connectivity index (χ2v) is 4.63. The number of hydrogen-bond acceptors (Lipinski definition) is 4. The zero-order valence-electron chi connectivity index (χ0n) is 7.89. The van der Waals surface area contributed by atoms with Crippen LogP contribution in [0.1, 0.15) is 13.8 Å². The quantitative estimate of drug-likeness (QED) is 0.671. The molecule has 0 radical (unpaired) electrons. The van der Waals surface area contributed by atoms with E-state index in [2.05, 4.69) is 0 Å². The normalized spacial score (nSPS) is 31.6. The molecule has 1 N–H and O–H groups in total. The minimum absolute atomic E-state index is 0.210. The van der Waals surface area contributed by atoms with Crippen LogP contribution in [0.2, 0.25) is 0 Å². The largest absolute Gasteiger partial charge is 0.480 e. The van der Waals surface area contributed by atoms with E-state index in [1.54, 1.807) is 6.92 Å². The summed E-state index contributed by atoms with van der Waals surface area (Å²) < 4.78 is 0. The van der Waals surface area contributed by atoms with Crippen LogP contribution in [0.25, 0.3) is 0 Å². The Bertz CT molecular complexity index is 293. The van der Waals surface area contributed by atoms with Crippen LogP contribution in [0.15, 0.2) is 0 Å². The third kappa shape index (κ3) is 1.50. The van der Waals surface area contributed by atoms with Crippen LogP contribution in [-0.2, 0) is 14.4 Å². The van der Waals surface area contributed by atoms with Gasteiger partial charge in [-0.2, -0.15) is 0 Å². The molecule has 0 aromatic heterocycles. The lowest BCUT2D eigenvalue weighted by atomic mass is 10.1. The van der Waals surface area contributed by atoms with E-state index in [0.29, 0.717) is 6.41 Å². The highest BCUT2D eigenvalue weighted by molar-refractivity contribution is 8.01. The van der Waals surface area contributed by atoms with Crippen LogP contribution in [0.5, 0.6) is 0 Å². The van der Waals surface area contributed by atoms with Gasteiger partial charge in [-0.3, -0.25) is 9.59 Å². The first kappa shape index (κ1) is 11.0. The van der Waals surface area contributed by atoms with Crippen LogP contribution >= 0.6 is 11.8 Å². The summed E-state index contributed by atoms with van der Waals surface area (Å²) in [5.41, 5.74) is 0. The fourth-order valence-electron chi connectivity index (χ4n) is 1.34. The Kier molecular flexibility index (Phi) is 2.84. The summed E-state index contributed by atoms with van der Waals surface area (Å²) in [5, 5.41) is 8.80. The molecule has 0 aromatic rings. The highest BCUT2D eigenvalue weighted by atomic mass is 32.2. The van der Waals surface area contributed by atoms with Crippen molar-refractivity contribution in [2.45, 2.75) is 24.8 Å². The summed E-state index contributed by atoms with van der Waals surface area (Å²) in [4.78, 5) is 32.8. The number of rotatable bonds is 3. The van der Waals surface area contributed by atoms with Crippen molar-refractivity contribution in [3.63, 3.8) is 0 Å². The van der Waals surface area contributed by atoms with Gasteiger partial charge in [0.1, 0.15) is 10.9 Å². The molecule has 1 aliphatic heterocycles. The number of ketones is 1. The summed E-state index contributed by atoms with van der Waals surface area (Å²) in [6.07, 6.45) is 0.431. The molecule has 1 fully saturated rings. The SMILES string of the molecule is CC(=O)C1(C)SCC(C(=O)O)N1C=O. The van der Waals surface area contributed by atoms with Gasteiger partial charge < -0.3 is 10.0 Å². The van der Waals surface area contributed by atoms with Gasteiger partial charge in [0, 0.05) is 5.75 Å². The third-order valence-electron chi connectivity index (χ3n) is 2.40. The van der Waals surface area contributed by atoms with E-state index in [1.165, 1.54) is 18.7 Å². The third-order valence-corrected chi connectivity index (χ3v) is 3.95. The number of carboxylic acids is 1. The lowest BCUT2D eigenvalue weighted by Gasteiger charge is -2.30. The smallest absolute Gasteiger partial charge is 0.327 e. The van der Waals surface area contributed by atoms with E-state index in [0.717, 1.165) is 4.90 Å². The van der Waals surface area contributed by atoms with E-state index in [1.807, 2.05) is 0 Å². The summed E-state index contributed by atoms with van der Waals surface area (Å²) in [6.45, 7) is 2.92. The molecule has 0 saturated carbocycles. The average Bonchev–Trinajstić information content (AvgIpc) is 2.43. The van der Waals surface area contributed by atoms with E-state index in [9.17, 15) is 14.4 Å². The summed E-state index contributed by atoms with van der Waals surface area (Å²) >= 11 is 1.19. The molecule has 78 valence electrons. The minimum Gasteiger partial charge on any atom is -0.480 e. The fourth-order valence-corrected chi connectivity index (χ4v) is 2.65. The Morgan fingerprint density at radius 3 is 2.57 bits per heavy atom. The molecule has 14 heavy (non-hydrogen) atoms. The van der Waals surface area contributed by atoms with Crippen LogP contribution in [-0.4, -0.2) is 44.8 Å². The van der Waals surface area contributed by atoms with Crippen molar-refractivity contribution in [2.75, 3.05) is 5.75 Å². The maximum absolute atomic E-state index is 11.3. The molecule has 6 heteroatoms. The van der Waals surface area contributed by atoms with Crippen molar-refractivity contribution in [1.29, 1.82) is 0 Å². The Hall–Kier alpha value is -1.04. The summed E-state index contributed by atoms with van der Waals surface area (Å²) in [7, 11) is 0. The van der Waals surface area contributed by atoms with Gasteiger partial charge in [-0.25, -0.2) is 4.79 Å². The maximum Gasteiger partial charge on any atom is 0.327 e. The van der Waals surface area contributed by atoms with Gasteiger partial charge in [0.25, 0.3) is 0 Å². The van der Waals surface area contributed by atoms with Crippen LogP contribution in [0.3, 0.4) is 0 Å². The predicted octanol–water partition coefficient (Wildman–Crippen LogP) is -0.0500. The first-order valence-electron chi connectivity index (χ1n) is 4.05. The molecule has 1 rings (SSSR count). The lowest BCUT2D eigenvalue weighted by Crippen LogP contribution is -2.50. The van der Waals surface area contributed by atoms with Crippen molar-refractivity contribution in [3.05, 3.63) is 0 Å². The molecule has 0 aromatic carbocycles. The number of thioether (sulfide) groups is 1. The van der Waals surface area contributed by atoms with Gasteiger partial charge in [0.2, 0.25) is 6.41 Å². The van der Waals surface area contributed by atoms with Gasteiger partial charge in [-0.05, 0) is 13.8 Å². The number of Topliss-reactive ketones (excluding diaryl/α,β-unsaturated/α-hetero) is 1. The van der Waals surface area contributed by atoms with Gasteiger partial charge in [0.05, 0.1) is 0 Å². The maximum atomic E-state index is 11.3. The molecule has 0 bridgehead atoms. The van der Waals surface area contributed by atoms with Crippen molar-refractivity contribution in [3.8, 4) is 0 Å². The number of amides is 1. The number of carbonyl (C=O) groups is 3. The molecule has 0 spiro atoms. The Morgan fingerprint density at radius 1 is 1.64 bits per heavy atom. The highest BCUT2D eigenvalue weighted by Gasteiger charge is 2.49. The van der Waals surface area contributed by atoms with E-state index in [4.69, 9.17) is 5.11 Å². The first-order valence-corrected chi connectivity index (χ1v) is 5.03. The lowest BCUT2D eigenvalue weighted by molar-refractivity contribution is -0.148. The molecule has 1 saturated heterocycles. The van der Waals surface area contributed by atoms with Gasteiger partial charge in [-0.15, -0.1) is 11.8 Å². The molecule has 2 unspecified atom stereocenters. The zero-order valence-corrected chi connectivity index (χ0v) is 8.71. The van der Waals surface area contributed by atoms with Crippen molar-refractivity contribution in [2.24, 2.45) is 0 Å².